The molecule has 0 amide bonds. The second kappa shape index (κ2) is 5.80. The minimum atomic E-state index is 0.331. The number of benzene rings is 1. The van der Waals surface area contributed by atoms with E-state index in [0.717, 1.165) is 12.1 Å². The van der Waals surface area contributed by atoms with Crippen molar-refractivity contribution in [1.29, 1.82) is 0 Å². The number of nitrogens with one attached hydrogen (secondary N) is 1. The van der Waals surface area contributed by atoms with Crippen LogP contribution in [0.25, 0.3) is 0 Å². The first-order valence-corrected chi connectivity index (χ1v) is 7.17. The Balaban J connectivity index is 2.33. The lowest BCUT2D eigenvalue weighted by Gasteiger charge is -2.19. The van der Waals surface area contributed by atoms with E-state index >= 15 is 0 Å². The van der Waals surface area contributed by atoms with E-state index in [1.165, 1.54) is 27.9 Å². The number of nitrogens with zero attached hydrogens (tertiary/aromatic N) is 2. The van der Waals surface area contributed by atoms with Crippen LogP contribution >= 0.6 is 0 Å². The molecule has 3 nitrogen and oxygen atoms in total. The molecule has 0 saturated heterocycles. The molecule has 1 unspecified atom stereocenters. The predicted octanol–water partition coefficient (Wildman–Crippen LogP) is 3.16. The number of aryl methyl sites for hydroxylation is 4. The third-order valence-electron chi connectivity index (χ3n) is 4.22. The predicted molar refractivity (Wildman–Crippen MR) is 84.1 cm³/mol. The summed E-state index contributed by atoms with van der Waals surface area (Å²) in [6, 6.07) is 7.02. The Morgan fingerprint density at radius 1 is 1.20 bits per heavy atom. The molecular weight excluding hydrogens is 246 g/mol. The van der Waals surface area contributed by atoms with Gasteiger partial charge in [-0.2, -0.15) is 5.10 Å². The van der Waals surface area contributed by atoms with Gasteiger partial charge >= 0.3 is 0 Å². The summed E-state index contributed by atoms with van der Waals surface area (Å²) < 4.78 is 1.97. The molecule has 1 aromatic heterocycles. The van der Waals surface area contributed by atoms with E-state index in [4.69, 9.17) is 0 Å². The van der Waals surface area contributed by atoms with Gasteiger partial charge in [0.05, 0.1) is 5.69 Å². The Morgan fingerprint density at radius 2 is 1.90 bits per heavy atom. The number of hydrogen-bond acceptors (Lipinski definition) is 2. The zero-order chi connectivity index (χ0) is 14.9. The van der Waals surface area contributed by atoms with Gasteiger partial charge in [0.1, 0.15) is 0 Å². The number of rotatable bonds is 4. The maximum Gasteiger partial charge on any atom is 0.0629 e. The SMILES string of the molecule is CNC(Cc1c(C)nn(C)c1C)c1ccc(C)cc1C. The van der Waals surface area contributed by atoms with Gasteiger partial charge in [-0.15, -0.1) is 0 Å². The highest BCUT2D eigenvalue weighted by Gasteiger charge is 2.17. The van der Waals surface area contributed by atoms with Crippen molar-refractivity contribution >= 4 is 0 Å². The van der Waals surface area contributed by atoms with E-state index in [2.05, 4.69) is 56.3 Å². The van der Waals surface area contributed by atoms with Crippen LogP contribution in [0.3, 0.4) is 0 Å². The standard InChI is InChI=1S/C17H25N3/c1-11-7-8-15(12(2)9-11)17(18-5)10-16-13(3)19-20(6)14(16)4/h7-9,17-18H,10H2,1-6H3. The third-order valence-corrected chi connectivity index (χ3v) is 4.22. The lowest BCUT2D eigenvalue weighted by molar-refractivity contribution is 0.585. The second-order valence-corrected chi connectivity index (χ2v) is 5.68. The average molecular weight is 271 g/mol. The molecular formula is C17H25N3. The zero-order valence-corrected chi connectivity index (χ0v) is 13.4. The lowest BCUT2D eigenvalue weighted by atomic mass is 9.93. The van der Waals surface area contributed by atoms with Crippen molar-refractivity contribution < 1.29 is 0 Å². The average Bonchev–Trinajstić information content (AvgIpc) is 2.62. The Labute approximate surface area is 122 Å². The highest BCUT2D eigenvalue weighted by Crippen LogP contribution is 2.25. The fraction of sp³-hybridized carbons (Fsp3) is 0.471. The highest BCUT2D eigenvalue weighted by molar-refractivity contribution is 5.35. The summed E-state index contributed by atoms with van der Waals surface area (Å²) >= 11 is 0. The molecule has 0 aliphatic carbocycles. The fourth-order valence-electron chi connectivity index (χ4n) is 2.90. The lowest BCUT2D eigenvalue weighted by Crippen LogP contribution is -2.20. The maximum absolute atomic E-state index is 4.52. The Hall–Kier alpha value is -1.61. The zero-order valence-electron chi connectivity index (χ0n) is 13.4. The molecule has 0 bridgehead atoms. The molecule has 1 aromatic carbocycles. The summed E-state index contributed by atoms with van der Waals surface area (Å²) in [6.45, 7) is 8.57. The second-order valence-electron chi connectivity index (χ2n) is 5.68. The summed E-state index contributed by atoms with van der Waals surface area (Å²) in [5, 5.41) is 7.97. The first-order valence-electron chi connectivity index (χ1n) is 7.17. The van der Waals surface area contributed by atoms with Gasteiger partial charge in [-0.3, -0.25) is 4.68 Å². The third kappa shape index (κ3) is 2.78. The van der Waals surface area contributed by atoms with Crippen LogP contribution in [-0.2, 0) is 13.5 Å². The van der Waals surface area contributed by atoms with Gasteiger partial charge in [0.2, 0.25) is 0 Å². The van der Waals surface area contributed by atoms with Gasteiger partial charge < -0.3 is 5.32 Å². The first kappa shape index (κ1) is 14.8. The van der Waals surface area contributed by atoms with E-state index < -0.39 is 0 Å². The molecule has 108 valence electrons. The van der Waals surface area contributed by atoms with Crippen molar-refractivity contribution in [3.63, 3.8) is 0 Å². The molecule has 2 aromatic rings. The van der Waals surface area contributed by atoms with Crippen molar-refractivity contribution in [3.05, 3.63) is 51.8 Å². The van der Waals surface area contributed by atoms with Crippen LogP contribution in [-0.4, -0.2) is 16.8 Å². The normalized spacial score (nSPS) is 12.7. The first-order chi connectivity index (χ1) is 9.43. The van der Waals surface area contributed by atoms with Gasteiger partial charge in [0, 0.05) is 18.8 Å². The van der Waals surface area contributed by atoms with Crippen LogP contribution in [0.2, 0.25) is 0 Å². The number of aromatic nitrogens is 2. The molecule has 1 N–H and O–H groups in total. The van der Waals surface area contributed by atoms with Crippen LogP contribution in [0.1, 0.15) is 39.7 Å². The van der Waals surface area contributed by atoms with E-state index in [0.29, 0.717) is 6.04 Å². The van der Waals surface area contributed by atoms with Crippen LogP contribution in [0.4, 0.5) is 0 Å². The van der Waals surface area contributed by atoms with Gasteiger partial charge in [0.25, 0.3) is 0 Å². The fourth-order valence-corrected chi connectivity index (χ4v) is 2.90. The summed E-state index contributed by atoms with van der Waals surface area (Å²) in [5.74, 6) is 0. The summed E-state index contributed by atoms with van der Waals surface area (Å²) in [6.07, 6.45) is 0.978. The van der Waals surface area contributed by atoms with E-state index in [-0.39, 0.29) is 0 Å². The topological polar surface area (TPSA) is 29.9 Å². The van der Waals surface area contributed by atoms with Gasteiger partial charge in [0.15, 0.2) is 0 Å². The molecule has 0 saturated carbocycles. The largest absolute Gasteiger partial charge is 0.313 e. The Bertz CT molecular complexity index is 611. The van der Waals surface area contributed by atoms with Crippen molar-refractivity contribution in [3.8, 4) is 0 Å². The van der Waals surface area contributed by atoms with Crippen LogP contribution in [0.15, 0.2) is 18.2 Å². The van der Waals surface area contributed by atoms with Crippen LogP contribution in [0, 0.1) is 27.7 Å². The Kier molecular flexibility index (Phi) is 4.29. The molecule has 1 heterocycles. The number of likely N-dealkylation sites (N-methyl/N-ethyl adjacent to an activating group) is 1. The van der Waals surface area contributed by atoms with Gasteiger partial charge in [-0.25, -0.2) is 0 Å². The van der Waals surface area contributed by atoms with Gasteiger partial charge in [-0.05, 0) is 57.9 Å². The summed E-state index contributed by atoms with van der Waals surface area (Å²) in [7, 11) is 4.04. The van der Waals surface area contributed by atoms with Crippen LogP contribution < -0.4 is 5.32 Å². The van der Waals surface area contributed by atoms with E-state index in [1.807, 2.05) is 18.8 Å². The minimum Gasteiger partial charge on any atom is -0.313 e. The minimum absolute atomic E-state index is 0.331. The molecule has 20 heavy (non-hydrogen) atoms. The molecule has 0 fully saturated rings. The maximum atomic E-state index is 4.52. The molecule has 2 rings (SSSR count). The van der Waals surface area contributed by atoms with Crippen molar-refractivity contribution in [2.24, 2.45) is 7.05 Å². The molecule has 0 aliphatic rings. The van der Waals surface area contributed by atoms with Crippen molar-refractivity contribution in [2.45, 2.75) is 40.2 Å². The molecule has 0 radical (unpaired) electrons. The van der Waals surface area contributed by atoms with E-state index in [9.17, 15) is 0 Å². The highest BCUT2D eigenvalue weighted by atomic mass is 15.3. The summed E-state index contributed by atoms with van der Waals surface area (Å²) in [5.41, 5.74) is 7.79. The molecule has 3 heteroatoms. The van der Waals surface area contributed by atoms with E-state index in [1.54, 1.807) is 0 Å². The van der Waals surface area contributed by atoms with Gasteiger partial charge in [-0.1, -0.05) is 23.8 Å². The molecule has 0 spiro atoms. The molecule has 0 aliphatic heterocycles. The van der Waals surface area contributed by atoms with Crippen LogP contribution in [0.5, 0.6) is 0 Å². The smallest absolute Gasteiger partial charge is 0.0629 e. The quantitative estimate of drug-likeness (QED) is 0.925. The van der Waals surface area contributed by atoms with Crippen molar-refractivity contribution in [2.75, 3.05) is 7.05 Å². The summed E-state index contributed by atoms with van der Waals surface area (Å²) in [4.78, 5) is 0. The Morgan fingerprint density at radius 3 is 2.40 bits per heavy atom. The van der Waals surface area contributed by atoms with Crippen molar-refractivity contribution in [1.82, 2.24) is 15.1 Å². The monoisotopic (exact) mass is 271 g/mol. The number of hydrogen-bond donors (Lipinski definition) is 1. The molecule has 1 atom stereocenters.